The highest BCUT2D eigenvalue weighted by Gasteiger charge is 2.26. The van der Waals surface area contributed by atoms with Crippen LogP contribution >= 0.6 is 0 Å². The van der Waals surface area contributed by atoms with Gasteiger partial charge in [-0.3, -0.25) is 0 Å². The first-order valence-electron chi connectivity index (χ1n) is 23.3. The number of hydrogen-bond acceptors (Lipinski definition) is 2. The molecule has 2 nitrogen and oxygen atoms in total. The topological polar surface area (TPSA) is 6.48 Å². The highest BCUT2D eigenvalue weighted by molar-refractivity contribution is 6.28. The smallest absolute Gasteiger partial charge is 0.147 e. The molecule has 8 heteroatoms. The van der Waals surface area contributed by atoms with Gasteiger partial charge in [0.15, 0.2) is 0 Å². The number of nitrogens with zero attached hydrogens (tertiary/aromatic N) is 2. The molecular weight excluding hydrogens is 911 g/mol. The van der Waals surface area contributed by atoms with Gasteiger partial charge in [0.25, 0.3) is 0 Å². The Morgan fingerprint density at radius 2 is 0.569 bits per heavy atom. The minimum atomic E-state index is -0.664. The van der Waals surface area contributed by atoms with Crippen LogP contribution in [0.25, 0.3) is 76.8 Å². The van der Waals surface area contributed by atoms with E-state index in [-0.39, 0.29) is 11.4 Å². The van der Waals surface area contributed by atoms with Crippen molar-refractivity contribution < 1.29 is 26.3 Å². The van der Waals surface area contributed by atoms with Crippen LogP contribution in [0, 0.1) is 34.9 Å². The van der Waals surface area contributed by atoms with Gasteiger partial charge in [-0.25, -0.2) is 26.3 Å². The summed E-state index contributed by atoms with van der Waals surface area (Å²) in [5, 5.41) is 4.70. The first kappa shape index (κ1) is 44.1. The molecule has 0 aliphatic rings. The van der Waals surface area contributed by atoms with Crippen molar-refractivity contribution in [1.29, 1.82) is 0 Å². The molecule has 346 valence electrons. The molecule has 0 aromatic heterocycles. The molecule has 0 aliphatic heterocycles. The van der Waals surface area contributed by atoms with E-state index < -0.39 is 34.9 Å². The van der Waals surface area contributed by atoms with Gasteiger partial charge in [0.1, 0.15) is 34.9 Å². The Labute approximate surface area is 410 Å². The van der Waals surface area contributed by atoms with E-state index in [1.54, 1.807) is 34.1 Å². The lowest BCUT2D eigenvalue weighted by molar-refractivity contribution is 0.601. The van der Waals surface area contributed by atoms with E-state index in [0.29, 0.717) is 33.5 Å². The van der Waals surface area contributed by atoms with Crippen molar-refractivity contribution in [3.8, 4) is 44.5 Å². The summed E-state index contributed by atoms with van der Waals surface area (Å²) < 4.78 is 92.8. The van der Waals surface area contributed by atoms with E-state index in [1.807, 2.05) is 146 Å². The van der Waals surface area contributed by atoms with E-state index in [2.05, 4.69) is 0 Å². The maximum atomic E-state index is 16.6. The van der Waals surface area contributed by atoms with Gasteiger partial charge in [-0.2, -0.15) is 0 Å². The molecule has 0 unspecified atom stereocenters. The van der Waals surface area contributed by atoms with E-state index in [0.717, 1.165) is 90.3 Å². The summed E-state index contributed by atoms with van der Waals surface area (Å²) in [5.74, 6) is -3.39. The standard InChI is InChI=1S/C64H38F6N2/c65-49-19-11-41(12-20-49)47-31-45(39-7-3-1-4-8-39)33-53(35-47)71(61-37-51(67)23-27-57(61)69)59-29-17-43-16-26-56-60(30-18-44-15-25-55(59)63(43)64(44)56)72(62-38-52(68)24-28-58(62)70)54-34-46(40-9-5-2-6-10-40)32-48(36-54)42-13-21-50(66)22-14-42/h1-38H. The summed E-state index contributed by atoms with van der Waals surface area (Å²) in [6.07, 6.45) is 0. The Hall–Kier alpha value is -9.14. The minimum absolute atomic E-state index is 0.0380. The molecule has 0 heterocycles. The average Bonchev–Trinajstić information content (AvgIpc) is 3.41. The quantitative estimate of drug-likeness (QED) is 0.0996. The van der Waals surface area contributed by atoms with Crippen molar-refractivity contribution in [3.05, 3.63) is 265 Å². The number of anilines is 6. The highest BCUT2D eigenvalue weighted by Crippen LogP contribution is 2.50. The SMILES string of the molecule is Fc1ccc(-c2cc(-c3ccccc3)cc(N(c3cc(F)ccc3F)c3ccc4ccc5c(N(c6cc(-c7ccccc7)cc(-c7ccc(F)cc7)c6)c6cc(F)ccc6F)ccc6ccc3c4c65)c2)cc1. The summed E-state index contributed by atoms with van der Waals surface area (Å²) in [5.41, 5.74) is 8.24. The molecule has 0 fully saturated rings. The monoisotopic (exact) mass is 948 g/mol. The first-order valence-corrected chi connectivity index (χ1v) is 23.3. The number of benzene rings is 12. The molecule has 0 aliphatic carbocycles. The second-order valence-corrected chi connectivity index (χ2v) is 17.7. The van der Waals surface area contributed by atoms with Crippen molar-refractivity contribution in [2.45, 2.75) is 0 Å². The second kappa shape index (κ2) is 18.0. The zero-order chi connectivity index (χ0) is 49.0. The molecule has 12 aromatic carbocycles. The van der Waals surface area contributed by atoms with Gasteiger partial charge in [0.05, 0.1) is 22.7 Å². The molecule has 0 spiro atoms. The fraction of sp³-hybridized carbons (Fsp3) is 0. The molecule has 0 radical (unpaired) electrons. The lowest BCUT2D eigenvalue weighted by Crippen LogP contribution is -2.14. The summed E-state index contributed by atoms with van der Waals surface area (Å²) in [7, 11) is 0. The van der Waals surface area contributed by atoms with Crippen LogP contribution in [-0.4, -0.2) is 0 Å². The number of rotatable bonds is 10. The van der Waals surface area contributed by atoms with Gasteiger partial charge >= 0.3 is 0 Å². The van der Waals surface area contributed by atoms with Crippen LogP contribution in [0.4, 0.5) is 60.5 Å². The van der Waals surface area contributed by atoms with Crippen molar-refractivity contribution >= 4 is 66.4 Å². The Morgan fingerprint density at radius 1 is 0.236 bits per heavy atom. The van der Waals surface area contributed by atoms with Crippen LogP contribution in [0.5, 0.6) is 0 Å². The molecule has 0 N–H and O–H groups in total. The molecule has 12 rings (SSSR count). The van der Waals surface area contributed by atoms with Gasteiger partial charge in [0, 0.05) is 34.3 Å². The largest absolute Gasteiger partial charge is 0.307 e. The Bertz CT molecular complexity index is 3730. The fourth-order valence-corrected chi connectivity index (χ4v) is 9.98. The Kier molecular flexibility index (Phi) is 11.0. The highest BCUT2D eigenvalue weighted by atomic mass is 19.1. The number of hydrogen-bond donors (Lipinski definition) is 0. The summed E-state index contributed by atoms with van der Waals surface area (Å²) in [6.45, 7) is 0. The minimum Gasteiger partial charge on any atom is -0.307 e. The van der Waals surface area contributed by atoms with Crippen molar-refractivity contribution in [1.82, 2.24) is 0 Å². The molecule has 0 atom stereocenters. The summed E-state index contributed by atoms with van der Waals surface area (Å²) in [4.78, 5) is 3.43. The molecule has 0 bridgehead atoms. The molecule has 12 aromatic rings. The maximum absolute atomic E-state index is 16.6. The maximum Gasteiger partial charge on any atom is 0.147 e. The van der Waals surface area contributed by atoms with E-state index in [1.165, 1.54) is 36.4 Å². The molecule has 0 saturated carbocycles. The predicted octanol–water partition coefficient (Wildman–Crippen LogP) is 19.0. The fourth-order valence-electron chi connectivity index (χ4n) is 9.98. The van der Waals surface area contributed by atoms with Gasteiger partial charge in [-0.15, -0.1) is 0 Å². The van der Waals surface area contributed by atoms with Crippen LogP contribution < -0.4 is 9.80 Å². The van der Waals surface area contributed by atoms with Crippen molar-refractivity contribution in [2.24, 2.45) is 0 Å². The van der Waals surface area contributed by atoms with Crippen LogP contribution in [-0.2, 0) is 0 Å². The Morgan fingerprint density at radius 3 is 0.944 bits per heavy atom. The summed E-state index contributed by atoms with van der Waals surface area (Å²) in [6, 6.07) is 65.5. The molecule has 0 amide bonds. The van der Waals surface area contributed by atoms with Gasteiger partial charge < -0.3 is 9.80 Å². The van der Waals surface area contributed by atoms with Gasteiger partial charge in [-0.05, 0) is 163 Å². The molecule has 0 saturated heterocycles. The van der Waals surface area contributed by atoms with Crippen LogP contribution in [0.1, 0.15) is 0 Å². The predicted molar refractivity (Wildman–Crippen MR) is 281 cm³/mol. The van der Waals surface area contributed by atoms with Crippen LogP contribution in [0.15, 0.2) is 231 Å². The zero-order valence-electron chi connectivity index (χ0n) is 38.1. The number of halogens is 6. The van der Waals surface area contributed by atoms with E-state index in [9.17, 15) is 8.78 Å². The average molecular weight is 949 g/mol. The van der Waals surface area contributed by atoms with Crippen LogP contribution in [0.3, 0.4) is 0 Å². The third-order valence-electron chi connectivity index (χ3n) is 13.3. The lowest BCUT2D eigenvalue weighted by atomic mass is 9.91. The Balaban J connectivity index is 1.12. The van der Waals surface area contributed by atoms with Crippen molar-refractivity contribution in [2.75, 3.05) is 9.80 Å². The molecule has 72 heavy (non-hydrogen) atoms. The molecular formula is C64H38F6N2. The normalized spacial score (nSPS) is 11.5. The third-order valence-corrected chi connectivity index (χ3v) is 13.3. The zero-order valence-corrected chi connectivity index (χ0v) is 38.1. The third kappa shape index (κ3) is 8.02. The van der Waals surface area contributed by atoms with Crippen molar-refractivity contribution in [3.63, 3.8) is 0 Å². The van der Waals surface area contributed by atoms with E-state index >= 15 is 17.6 Å². The first-order chi connectivity index (χ1) is 35.1. The lowest BCUT2D eigenvalue weighted by Gasteiger charge is -2.30. The van der Waals surface area contributed by atoms with E-state index in [4.69, 9.17) is 0 Å². The van der Waals surface area contributed by atoms with Gasteiger partial charge in [0.2, 0.25) is 0 Å². The van der Waals surface area contributed by atoms with Gasteiger partial charge in [-0.1, -0.05) is 121 Å². The summed E-state index contributed by atoms with van der Waals surface area (Å²) >= 11 is 0. The van der Waals surface area contributed by atoms with Crippen LogP contribution in [0.2, 0.25) is 0 Å². The second-order valence-electron chi connectivity index (χ2n) is 17.7.